The van der Waals surface area contributed by atoms with Crippen LogP contribution < -0.4 is 4.72 Å². The Morgan fingerprint density at radius 3 is 2.25 bits per heavy atom. The van der Waals surface area contributed by atoms with Gasteiger partial charge < -0.3 is 5.11 Å². The molecule has 0 aromatic carbocycles. The summed E-state index contributed by atoms with van der Waals surface area (Å²) in [6, 6.07) is -0.396. The van der Waals surface area contributed by atoms with Gasteiger partial charge in [0.05, 0.1) is 6.61 Å². The van der Waals surface area contributed by atoms with Crippen molar-refractivity contribution in [3.8, 4) is 0 Å². The fourth-order valence-corrected chi connectivity index (χ4v) is 1.91. The molecule has 0 bridgehead atoms. The molecule has 74 valence electrons. The van der Waals surface area contributed by atoms with Crippen LogP contribution in [0.5, 0.6) is 0 Å². The number of halogens is 1. The minimum absolute atomic E-state index is 0.0869. The minimum atomic E-state index is -3.27. The highest BCUT2D eigenvalue weighted by Gasteiger charge is 2.18. The second kappa shape index (κ2) is 5.16. The van der Waals surface area contributed by atoms with E-state index in [1.54, 1.807) is 0 Å². The highest BCUT2D eigenvalue weighted by molar-refractivity contribution is 9.10. The fourth-order valence-electron chi connectivity index (χ4n) is 0.646. The topological polar surface area (TPSA) is 66.4 Å². The van der Waals surface area contributed by atoms with Crippen LogP contribution in [0.15, 0.2) is 0 Å². The predicted octanol–water partition coefficient (Wildman–Crippen LogP) is 0.275. The van der Waals surface area contributed by atoms with E-state index in [1.807, 2.05) is 13.8 Å². The molecule has 0 aliphatic rings. The normalized spacial score (nSPS) is 15.1. The first-order valence-corrected chi connectivity index (χ1v) is 6.37. The average molecular weight is 260 g/mol. The number of sulfonamides is 1. The molecule has 0 heterocycles. The van der Waals surface area contributed by atoms with Gasteiger partial charge in [0.25, 0.3) is 0 Å². The summed E-state index contributed by atoms with van der Waals surface area (Å²) < 4.78 is 24.2. The van der Waals surface area contributed by atoms with Crippen LogP contribution >= 0.6 is 15.9 Å². The van der Waals surface area contributed by atoms with Gasteiger partial charge in [0, 0.05) is 6.04 Å². The molecule has 12 heavy (non-hydrogen) atoms. The van der Waals surface area contributed by atoms with E-state index >= 15 is 0 Å². The maximum Gasteiger partial charge on any atom is 0.221 e. The summed E-state index contributed by atoms with van der Waals surface area (Å²) in [5, 5.41) is 8.81. The van der Waals surface area contributed by atoms with Gasteiger partial charge in [-0.1, -0.05) is 29.8 Å². The van der Waals surface area contributed by atoms with Crippen LogP contribution in [0.25, 0.3) is 0 Å². The van der Waals surface area contributed by atoms with Gasteiger partial charge >= 0.3 is 0 Å². The third kappa shape index (κ3) is 4.39. The maximum atomic E-state index is 11.0. The van der Waals surface area contributed by atoms with E-state index in [0.29, 0.717) is 0 Å². The standard InChI is InChI=1S/C6H14BrNO3S/c1-5(2)6(3-9)8-12(10,11)4-7/h5-6,8-9H,3-4H2,1-2H3/t6-/m1/s1. The lowest BCUT2D eigenvalue weighted by Crippen LogP contribution is -2.41. The smallest absolute Gasteiger partial charge is 0.221 e. The van der Waals surface area contributed by atoms with Gasteiger partial charge in [0.2, 0.25) is 10.0 Å². The van der Waals surface area contributed by atoms with Gasteiger partial charge in [-0.25, -0.2) is 13.1 Å². The third-order valence-electron chi connectivity index (χ3n) is 1.48. The molecule has 0 aliphatic heterocycles. The van der Waals surface area contributed by atoms with Crippen molar-refractivity contribution in [2.45, 2.75) is 19.9 Å². The molecule has 0 saturated heterocycles. The summed E-state index contributed by atoms with van der Waals surface area (Å²) in [6.45, 7) is 3.51. The molecule has 2 N–H and O–H groups in total. The Kier molecular flexibility index (Phi) is 5.31. The lowest BCUT2D eigenvalue weighted by molar-refractivity contribution is 0.228. The minimum Gasteiger partial charge on any atom is -0.395 e. The summed E-state index contributed by atoms with van der Waals surface area (Å²) in [5.74, 6) is 0.0869. The van der Waals surface area contributed by atoms with Crippen LogP contribution in [0.3, 0.4) is 0 Å². The quantitative estimate of drug-likeness (QED) is 0.697. The third-order valence-corrected chi connectivity index (χ3v) is 4.23. The van der Waals surface area contributed by atoms with E-state index in [9.17, 15) is 8.42 Å². The zero-order chi connectivity index (χ0) is 9.78. The van der Waals surface area contributed by atoms with Gasteiger partial charge in [0.1, 0.15) is 4.66 Å². The van der Waals surface area contributed by atoms with Gasteiger partial charge in [-0.15, -0.1) is 0 Å². The molecule has 0 aromatic rings. The van der Waals surface area contributed by atoms with Crippen molar-refractivity contribution >= 4 is 26.0 Å². The molecule has 0 saturated carbocycles. The molecule has 0 radical (unpaired) electrons. The number of hydrogen-bond acceptors (Lipinski definition) is 3. The number of aliphatic hydroxyl groups is 1. The zero-order valence-electron chi connectivity index (χ0n) is 7.12. The molecule has 4 nitrogen and oxygen atoms in total. The van der Waals surface area contributed by atoms with Crippen molar-refractivity contribution < 1.29 is 13.5 Å². The van der Waals surface area contributed by atoms with Crippen molar-refractivity contribution in [2.24, 2.45) is 5.92 Å². The number of hydrogen-bond donors (Lipinski definition) is 2. The van der Waals surface area contributed by atoms with Crippen LogP contribution in [0.2, 0.25) is 0 Å². The molecule has 6 heteroatoms. The summed E-state index contributed by atoms with van der Waals surface area (Å²) in [5.41, 5.74) is 0. The fraction of sp³-hybridized carbons (Fsp3) is 1.00. The van der Waals surface area contributed by atoms with Crippen LogP contribution in [0.1, 0.15) is 13.8 Å². The van der Waals surface area contributed by atoms with Crippen LogP contribution in [0.4, 0.5) is 0 Å². The molecular weight excluding hydrogens is 246 g/mol. The molecular formula is C6H14BrNO3S. The van der Waals surface area contributed by atoms with Crippen molar-refractivity contribution in [1.29, 1.82) is 0 Å². The molecule has 1 atom stereocenters. The van der Waals surface area contributed by atoms with Gasteiger partial charge in [-0.05, 0) is 5.92 Å². The highest BCUT2D eigenvalue weighted by atomic mass is 79.9. The van der Waals surface area contributed by atoms with Gasteiger partial charge in [-0.3, -0.25) is 0 Å². The SMILES string of the molecule is CC(C)[C@@H](CO)NS(=O)(=O)CBr. The lowest BCUT2D eigenvalue weighted by Gasteiger charge is -2.18. The average Bonchev–Trinajstić information content (AvgIpc) is 2.00. The van der Waals surface area contributed by atoms with E-state index < -0.39 is 16.1 Å². The van der Waals surface area contributed by atoms with E-state index in [-0.39, 0.29) is 17.2 Å². The largest absolute Gasteiger partial charge is 0.395 e. The van der Waals surface area contributed by atoms with Gasteiger partial charge in [0.15, 0.2) is 0 Å². The molecule has 0 aliphatic carbocycles. The monoisotopic (exact) mass is 259 g/mol. The molecule has 0 rings (SSSR count). The number of alkyl halides is 1. The molecule has 0 fully saturated rings. The van der Waals surface area contributed by atoms with E-state index in [2.05, 4.69) is 20.7 Å². The maximum absolute atomic E-state index is 11.0. The van der Waals surface area contributed by atoms with Crippen molar-refractivity contribution in [3.63, 3.8) is 0 Å². The number of nitrogens with one attached hydrogen (secondary N) is 1. The second-order valence-electron chi connectivity index (χ2n) is 2.87. The first-order chi connectivity index (χ1) is 5.43. The summed E-state index contributed by atoms with van der Waals surface area (Å²) in [4.78, 5) is 0. The summed E-state index contributed by atoms with van der Waals surface area (Å²) in [7, 11) is -3.27. The molecule has 0 amide bonds. The Bertz CT molecular complexity index is 215. The Balaban J connectivity index is 4.22. The van der Waals surface area contributed by atoms with E-state index in [1.165, 1.54) is 0 Å². The summed E-state index contributed by atoms with van der Waals surface area (Å²) in [6.07, 6.45) is 0. The van der Waals surface area contributed by atoms with Crippen LogP contribution in [-0.2, 0) is 10.0 Å². The Labute approximate surface area is 81.5 Å². The molecule has 0 aromatic heterocycles. The van der Waals surface area contributed by atoms with Crippen molar-refractivity contribution in [1.82, 2.24) is 4.72 Å². The van der Waals surface area contributed by atoms with Gasteiger partial charge in [-0.2, -0.15) is 0 Å². The Hall–Kier alpha value is 0.350. The second-order valence-corrected chi connectivity index (χ2v) is 5.93. The predicted molar refractivity (Wildman–Crippen MR) is 51.6 cm³/mol. The summed E-state index contributed by atoms with van der Waals surface area (Å²) >= 11 is 2.85. The zero-order valence-corrected chi connectivity index (χ0v) is 9.52. The Morgan fingerprint density at radius 1 is 1.50 bits per heavy atom. The van der Waals surface area contributed by atoms with Crippen molar-refractivity contribution in [3.05, 3.63) is 0 Å². The van der Waals surface area contributed by atoms with E-state index in [4.69, 9.17) is 5.11 Å². The molecule has 0 spiro atoms. The highest BCUT2D eigenvalue weighted by Crippen LogP contribution is 2.03. The first kappa shape index (κ1) is 12.3. The lowest BCUT2D eigenvalue weighted by atomic mass is 10.1. The first-order valence-electron chi connectivity index (χ1n) is 3.59. The Morgan fingerprint density at radius 2 is 2.00 bits per heavy atom. The van der Waals surface area contributed by atoms with E-state index in [0.717, 1.165) is 0 Å². The number of aliphatic hydroxyl groups excluding tert-OH is 1. The van der Waals surface area contributed by atoms with Crippen LogP contribution in [-0.4, -0.2) is 30.8 Å². The number of rotatable bonds is 5. The van der Waals surface area contributed by atoms with Crippen LogP contribution in [0, 0.1) is 5.92 Å². The molecule has 0 unspecified atom stereocenters. The van der Waals surface area contributed by atoms with Crippen molar-refractivity contribution in [2.75, 3.05) is 11.3 Å².